The molecule has 1 heterocycles. The average molecular weight is 209 g/mol. The number of carbonyl (C=O) groups excluding carboxylic acids is 1. The minimum absolute atomic E-state index is 0.133. The standard InChI is InChI=1S/C11H17NO.C2H6/c1-4-10-9(7-8(2)3)5-6-11(13)12-10;1-2/h4,7-8H,5-6H2,1-3H3,(H,12,13);1-2H3/b9-7-,10-4+;. The molecular formula is C13H23NO. The van der Waals surface area contributed by atoms with Gasteiger partial charge in [-0.3, -0.25) is 4.79 Å². The van der Waals surface area contributed by atoms with Gasteiger partial charge in [-0.05, 0) is 24.8 Å². The van der Waals surface area contributed by atoms with Gasteiger partial charge in [0.2, 0.25) is 5.91 Å². The maximum atomic E-state index is 11.1. The fourth-order valence-electron chi connectivity index (χ4n) is 1.51. The first kappa shape index (κ1) is 13.9. The first-order valence-electron chi connectivity index (χ1n) is 5.80. The van der Waals surface area contributed by atoms with Crippen molar-refractivity contribution in [3.8, 4) is 0 Å². The van der Waals surface area contributed by atoms with E-state index < -0.39 is 0 Å². The summed E-state index contributed by atoms with van der Waals surface area (Å²) in [6, 6.07) is 0. The van der Waals surface area contributed by atoms with Gasteiger partial charge >= 0.3 is 0 Å². The second-order valence-corrected chi connectivity index (χ2v) is 3.69. The Bertz CT molecular complexity index is 262. The van der Waals surface area contributed by atoms with Crippen LogP contribution in [0, 0.1) is 5.92 Å². The van der Waals surface area contributed by atoms with E-state index in [0.29, 0.717) is 12.3 Å². The van der Waals surface area contributed by atoms with Crippen LogP contribution in [0.4, 0.5) is 0 Å². The van der Waals surface area contributed by atoms with Gasteiger partial charge < -0.3 is 5.32 Å². The molecule has 0 aromatic heterocycles. The van der Waals surface area contributed by atoms with Crippen LogP contribution in [0.1, 0.15) is 47.5 Å². The highest BCUT2D eigenvalue weighted by atomic mass is 16.1. The lowest BCUT2D eigenvalue weighted by molar-refractivity contribution is -0.120. The Balaban J connectivity index is 0.000000921. The topological polar surface area (TPSA) is 29.1 Å². The van der Waals surface area contributed by atoms with Gasteiger partial charge in [-0.15, -0.1) is 0 Å². The summed E-state index contributed by atoms with van der Waals surface area (Å²) in [6.45, 7) is 10.3. The van der Waals surface area contributed by atoms with Crippen LogP contribution in [0.25, 0.3) is 0 Å². The first-order chi connectivity index (χ1) is 7.13. The Morgan fingerprint density at radius 1 is 1.27 bits per heavy atom. The molecule has 2 nitrogen and oxygen atoms in total. The van der Waals surface area contributed by atoms with Gasteiger partial charge in [-0.25, -0.2) is 0 Å². The number of hydrogen-bond donors (Lipinski definition) is 1. The number of hydrogen-bond acceptors (Lipinski definition) is 1. The Hall–Kier alpha value is -1.05. The molecule has 1 amide bonds. The van der Waals surface area contributed by atoms with E-state index in [0.717, 1.165) is 12.1 Å². The van der Waals surface area contributed by atoms with Crippen LogP contribution in [0.2, 0.25) is 0 Å². The predicted molar refractivity (Wildman–Crippen MR) is 65.4 cm³/mol. The maximum Gasteiger partial charge on any atom is 0.224 e. The number of rotatable bonds is 1. The molecule has 1 rings (SSSR count). The molecular weight excluding hydrogens is 186 g/mol. The molecule has 86 valence electrons. The largest absolute Gasteiger partial charge is 0.326 e. The molecule has 0 spiro atoms. The third kappa shape index (κ3) is 4.82. The van der Waals surface area contributed by atoms with Crippen LogP contribution in [0.15, 0.2) is 23.4 Å². The van der Waals surface area contributed by atoms with Gasteiger partial charge in [0.15, 0.2) is 0 Å². The summed E-state index contributed by atoms with van der Waals surface area (Å²) >= 11 is 0. The van der Waals surface area contributed by atoms with Gasteiger partial charge in [0.05, 0.1) is 0 Å². The fourth-order valence-corrected chi connectivity index (χ4v) is 1.51. The van der Waals surface area contributed by atoms with E-state index in [9.17, 15) is 4.79 Å². The average Bonchev–Trinajstić information content (AvgIpc) is 2.23. The molecule has 0 saturated carbocycles. The van der Waals surface area contributed by atoms with Crippen molar-refractivity contribution in [2.24, 2.45) is 5.92 Å². The van der Waals surface area contributed by atoms with E-state index >= 15 is 0 Å². The van der Waals surface area contributed by atoms with Crippen LogP contribution in [0.3, 0.4) is 0 Å². The van der Waals surface area contributed by atoms with Gasteiger partial charge in [-0.2, -0.15) is 0 Å². The molecule has 15 heavy (non-hydrogen) atoms. The second-order valence-electron chi connectivity index (χ2n) is 3.69. The fraction of sp³-hybridized carbons (Fsp3) is 0.615. The maximum absolute atomic E-state index is 11.1. The summed E-state index contributed by atoms with van der Waals surface area (Å²) in [6.07, 6.45) is 5.68. The van der Waals surface area contributed by atoms with E-state index in [2.05, 4.69) is 25.2 Å². The zero-order valence-electron chi connectivity index (χ0n) is 10.6. The summed E-state index contributed by atoms with van der Waals surface area (Å²) in [5.41, 5.74) is 2.27. The summed E-state index contributed by atoms with van der Waals surface area (Å²) in [5, 5.41) is 2.88. The van der Waals surface area contributed by atoms with Crippen LogP contribution in [0.5, 0.6) is 0 Å². The van der Waals surface area contributed by atoms with E-state index in [-0.39, 0.29) is 5.91 Å². The highest BCUT2D eigenvalue weighted by Gasteiger charge is 2.16. The summed E-state index contributed by atoms with van der Waals surface area (Å²) in [5.74, 6) is 0.675. The highest BCUT2D eigenvalue weighted by molar-refractivity contribution is 5.81. The highest BCUT2D eigenvalue weighted by Crippen LogP contribution is 2.20. The minimum Gasteiger partial charge on any atom is -0.326 e. The molecule has 2 heteroatoms. The van der Waals surface area contributed by atoms with Gasteiger partial charge in [0.25, 0.3) is 0 Å². The third-order valence-electron chi connectivity index (χ3n) is 2.06. The number of amides is 1. The monoisotopic (exact) mass is 209 g/mol. The van der Waals surface area contributed by atoms with Crippen molar-refractivity contribution in [3.63, 3.8) is 0 Å². The van der Waals surface area contributed by atoms with E-state index in [1.54, 1.807) is 0 Å². The lowest BCUT2D eigenvalue weighted by atomic mass is 9.98. The van der Waals surface area contributed by atoms with E-state index in [4.69, 9.17) is 0 Å². The molecule has 1 N–H and O–H groups in total. The molecule has 0 aliphatic carbocycles. The van der Waals surface area contributed by atoms with Crippen molar-refractivity contribution in [1.29, 1.82) is 0 Å². The van der Waals surface area contributed by atoms with Crippen molar-refractivity contribution in [1.82, 2.24) is 5.32 Å². The predicted octanol–water partition coefficient (Wildman–Crippen LogP) is 3.41. The second kappa shape index (κ2) is 7.27. The summed E-state index contributed by atoms with van der Waals surface area (Å²) in [7, 11) is 0. The van der Waals surface area contributed by atoms with Crippen LogP contribution in [-0.2, 0) is 4.79 Å². The lowest BCUT2D eigenvalue weighted by Crippen LogP contribution is -2.28. The Kier molecular flexibility index (Phi) is 6.76. The third-order valence-corrected chi connectivity index (χ3v) is 2.06. The molecule has 0 radical (unpaired) electrons. The van der Waals surface area contributed by atoms with Crippen molar-refractivity contribution < 1.29 is 4.79 Å². The minimum atomic E-state index is 0.133. The molecule has 1 saturated heterocycles. The number of carbonyl (C=O) groups is 1. The zero-order valence-corrected chi connectivity index (χ0v) is 10.6. The van der Waals surface area contributed by atoms with Crippen molar-refractivity contribution in [3.05, 3.63) is 23.4 Å². The van der Waals surface area contributed by atoms with Gasteiger partial charge in [0, 0.05) is 12.1 Å². The Morgan fingerprint density at radius 2 is 1.87 bits per heavy atom. The molecule has 0 atom stereocenters. The summed E-state index contributed by atoms with van der Waals surface area (Å²) in [4.78, 5) is 11.1. The van der Waals surface area contributed by atoms with Crippen molar-refractivity contribution in [2.45, 2.75) is 47.5 Å². The van der Waals surface area contributed by atoms with E-state index in [1.807, 2.05) is 26.8 Å². The van der Waals surface area contributed by atoms with Gasteiger partial charge in [0.1, 0.15) is 0 Å². The number of nitrogens with one attached hydrogen (secondary N) is 1. The SMILES string of the molecule is C/C=C1/NC(=O)CC/C1=C/C(C)C.CC. The van der Waals surface area contributed by atoms with E-state index in [1.165, 1.54) is 5.57 Å². The molecule has 1 aliphatic heterocycles. The first-order valence-corrected chi connectivity index (χ1v) is 5.80. The van der Waals surface area contributed by atoms with Crippen LogP contribution < -0.4 is 5.32 Å². The quantitative estimate of drug-likeness (QED) is 0.704. The van der Waals surface area contributed by atoms with Crippen molar-refractivity contribution in [2.75, 3.05) is 0 Å². The number of allylic oxidation sites excluding steroid dienone is 3. The molecule has 0 unspecified atom stereocenters. The normalized spacial score (nSPS) is 21.3. The lowest BCUT2D eigenvalue weighted by Gasteiger charge is -2.19. The Morgan fingerprint density at radius 3 is 2.33 bits per heavy atom. The Labute approximate surface area is 93.5 Å². The molecule has 1 aliphatic rings. The van der Waals surface area contributed by atoms with Crippen LogP contribution >= 0.6 is 0 Å². The van der Waals surface area contributed by atoms with Crippen LogP contribution in [-0.4, -0.2) is 5.91 Å². The molecule has 1 fully saturated rings. The molecule has 0 bridgehead atoms. The number of piperidine rings is 1. The summed E-state index contributed by atoms with van der Waals surface area (Å²) < 4.78 is 0. The molecule has 0 aromatic carbocycles. The van der Waals surface area contributed by atoms with Crippen molar-refractivity contribution >= 4 is 5.91 Å². The molecule has 0 aromatic rings. The smallest absolute Gasteiger partial charge is 0.224 e. The van der Waals surface area contributed by atoms with Gasteiger partial charge in [-0.1, -0.05) is 39.8 Å². The zero-order chi connectivity index (χ0) is 11.8.